The van der Waals surface area contributed by atoms with Gasteiger partial charge in [0.15, 0.2) is 11.5 Å². The van der Waals surface area contributed by atoms with Crippen LogP contribution in [0.15, 0.2) is 110 Å². The molecule has 11 nitrogen and oxygen atoms in total. The Bertz CT molecular complexity index is 2100. The topological polar surface area (TPSA) is 112 Å². The van der Waals surface area contributed by atoms with E-state index in [-0.39, 0.29) is 24.5 Å². The molecule has 0 saturated heterocycles. The van der Waals surface area contributed by atoms with E-state index in [1.165, 1.54) is 27.6 Å². The van der Waals surface area contributed by atoms with E-state index >= 15 is 0 Å². The highest BCUT2D eigenvalue weighted by Crippen LogP contribution is 2.39. The van der Waals surface area contributed by atoms with E-state index in [1.54, 1.807) is 42.7 Å². The highest BCUT2D eigenvalue weighted by Gasteiger charge is 2.33. The number of rotatable bonds is 4. The molecule has 5 heterocycles. The molecule has 2 aromatic heterocycles. The van der Waals surface area contributed by atoms with Crippen molar-refractivity contribution in [3.8, 4) is 17.2 Å². The molecule has 5 aromatic rings. The van der Waals surface area contributed by atoms with Crippen LogP contribution in [0.25, 0.3) is 11.3 Å². The third-order valence-electron chi connectivity index (χ3n) is 8.68. The largest absolute Gasteiger partial charge is 0.508 e. The number of anilines is 2. The lowest BCUT2D eigenvalue weighted by molar-refractivity contribution is 0.0657. The van der Waals surface area contributed by atoms with Crippen molar-refractivity contribution in [3.05, 3.63) is 132 Å². The second-order valence-corrected chi connectivity index (χ2v) is 11.6. The number of allylic oxidation sites excluding steroid dienone is 2. The molecule has 0 fully saturated rings. The number of hydrazine groups is 1. The Kier molecular flexibility index (Phi) is 6.79. The Balaban J connectivity index is 1.14. The summed E-state index contributed by atoms with van der Waals surface area (Å²) in [5.41, 5.74) is 8.91. The predicted octanol–water partition coefficient (Wildman–Crippen LogP) is 5.99. The lowest BCUT2D eigenvalue weighted by Crippen LogP contribution is -2.46. The second-order valence-electron chi connectivity index (χ2n) is 11.6. The van der Waals surface area contributed by atoms with Gasteiger partial charge in [-0.1, -0.05) is 24.3 Å². The fraction of sp³-hybridized carbons (Fsp3) is 0.139. The van der Waals surface area contributed by atoms with Gasteiger partial charge in [-0.3, -0.25) is 15.1 Å². The number of benzene rings is 3. The number of phenols is 1. The van der Waals surface area contributed by atoms with Gasteiger partial charge in [-0.25, -0.2) is 14.8 Å². The molecule has 8 rings (SSSR count). The van der Waals surface area contributed by atoms with Crippen molar-refractivity contribution in [3.63, 3.8) is 0 Å². The Labute approximate surface area is 270 Å². The van der Waals surface area contributed by atoms with Crippen molar-refractivity contribution in [2.45, 2.75) is 25.9 Å². The first-order chi connectivity index (χ1) is 22.9. The molecule has 2 N–H and O–H groups in total. The number of carbonyl (C=O) groups is 2. The number of carbonyl (C=O) groups excluding carboxylic acids is 2. The average molecular weight is 627 g/mol. The fourth-order valence-electron chi connectivity index (χ4n) is 6.26. The lowest BCUT2D eigenvalue weighted by atomic mass is 9.93. The average Bonchev–Trinajstić information content (AvgIpc) is 3.77. The number of phenolic OH excluding ortho intramolecular Hbond substituents is 1. The molecule has 0 saturated carbocycles. The molecule has 0 unspecified atom stereocenters. The van der Waals surface area contributed by atoms with Gasteiger partial charge in [0.25, 0.3) is 5.91 Å². The smallest absolute Gasteiger partial charge is 0.351 e. The summed E-state index contributed by atoms with van der Waals surface area (Å²) in [4.78, 5) is 36.5. The van der Waals surface area contributed by atoms with Crippen LogP contribution in [0.5, 0.6) is 17.2 Å². The van der Waals surface area contributed by atoms with Crippen LogP contribution in [-0.2, 0) is 13.0 Å². The van der Waals surface area contributed by atoms with E-state index in [4.69, 9.17) is 9.47 Å². The summed E-state index contributed by atoms with van der Waals surface area (Å²) in [6.07, 6.45) is 11.3. The van der Waals surface area contributed by atoms with E-state index in [9.17, 15) is 14.7 Å². The molecule has 0 aliphatic carbocycles. The predicted molar refractivity (Wildman–Crippen MR) is 175 cm³/mol. The Hall–Kier alpha value is -6.23. The van der Waals surface area contributed by atoms with Gasteiger partial charge >= 0.3 is 6.03 Å². The van der Waals surface area contributed by atoms with Gasteiger partial charge in [0, 0.05) is 49.0 Å². The third kappa shape index (κ3) is 5.07. The summed E-state index contributed by atoms with van der Waals surface area (Å²) in [7, 11) is 0. The number of nitrogens with zero attached hydrogens (tertiary/aromatic N) is 5. The van der Waals surface area contributed by atoms with Crippen LogP contribution in [-0.4, -0.2) is 49.2 Å². The quantitative estimate of drug-likeness (QED) is 0.252. The second kappa shape index (κ2) is 11.3. The molecule has 47 heavy (non-hydrogen) atoms. The van der Waals surface area contributed by atoms with Crippen LogP contribution in [0, 0.1) is 0 Å². The van der Waals surface area contributed by atoms with Gasteiger partial charge in [0.2, 0.25) is 6.79 Å². The molecule has 0 radical (unpaired) electrons. The maximum absolute atomic E-state index is 14.3. The van der Waals surface area contributed by atoms with Crippen molar-refractivity contribution >= 4 is 34.7 Å². The molecule has 234 valence electrons. The van der Waals surface area contributed by atoms with E-state index in [0.717, 1.165) is 12.0 Å². The van der Waals surface area contributed by atoms with Crippen LogP contribution in [0.2, 0.25) is 0 Å². The number of aromatic hydroxyl groups is 1. The molecule has 1 atom stereocenters. The first-order valence-corrected chi connectivity index (χ1v) is 15.2. The minimum Gasteiger partial charge on any atom is -0.508 e. The molecule has 0 spiro atoms. The monoisotopic (exact) mass is 626 g/mol. The Morgan fingerprint density at radius 2 is 1.74 bits per heavy atom. The van der Waals surface area contributed by atoms with E-state index in [2.05, 4.69) is 29.5 Å². The van der Waals surface area contributed by atoms with Crippen LogP contribution in [0.1, 0.15) is 34.0 Å². The maximum atomic E-state index is 14.3. The number of hydrogen-bond acceptors (Lipinski definition) is 7. The van der Waals surface area contributed by atoms with Crippen molar-refractivity contribution < 1.29 is 24.2 Å². The minimum atomic E-state index is -0.427. The minimum absolute atomic E-state index is 0.0202. The van der Waals surface area contributed by atoms with Gasteiger partial charge < -0.3 is 23.9 Å². The van der Waals surface area contributed by atoms with Crippen molar-refractivity contribution in [2.75, 3.05) is 11.7 Å². The van der Waals surface area contributed by atoms with Crippen molar-refractivity contribution in [1.29, 1.82) is 0 Å². The molecule has 3 aliphatic heterocycles. The molecule has 3 amide bonds. The van der Waals surface area contributed by atoms with E-state index < -0.39 is 6.03 Å². The number of pyridine rings is 1. The third-order valence-corrected chi connectivity index (χ3v) is 8.68. The SMILES string of the molecule is C[C@@H]1Cc2ccccc2CN1C(=O)c1cc2c(cc1C1=CC=CN(C(=O)N(c3ccc(O)cc3)c3ccn4ccnc4c3)N1)OCO2. The number of urea groups is 1. The number of fused-ring (bicyclic) bond motifs is 3. The summed E-state index contributed by atoms with van der Waals surface area (Å²) in [6.45, 7) is 2.60. The lowest BCUT2D eigenvalue weighted by Gasteiger charge is -2.36. The molecular formula is C36H30N6O5. The zero-order valence-corrected chi connectivity index (χ0v) is 25.4. The number of nitrogens with one attached hydrogen (secondary N) is 1. The fourth-order valence-corrected chi connectivity index (χ4v) is 6.26. The number of amides is 3. The molecular weight excluding hydrogens is 596 g/mol. The molecule has 3 aliphatic rings. The van der Waals surface area contributed by atoms with E-state index in [0.29, 0.717) is 51.9 Å². The van der Waals surface area contributed by atoms with E-state index in [1.807, 2.05) is 52.0 Å². The number of aromatic nitrogens is 2. The Morgan fingerprint density at radius 1 is 0.957 bits per heavy atom. The van der Waals surface area contributed by atoms with Gasteiger partial charge in [-0.05, 0) is 79.1 Å². The zero-order chi connectivity index (χ0) is 32.1. The van der Waals surface area contributed by atoms with Crippen molar-refractivity contribution in [2.24, 2.45) is 0 Å². The standard InChI is InChI=1S/C36H30N6O5/c1-23-17-24-5-2-3-6-25(24)21-40(23)35(44)30-20-33-32(46-22-47-33)19-29(30)31-7-4-14-41(38-31)36(45)42(26-8-10-28(43)11-9-26)27-12-15-39-16-13-37-34(39)18-27/h2-16,18-20,23,38,43H,17,21-22H2,1H3/t23-/m1/s1. The first kappa shape index (κ1) is 28.3. The maximum Gasteiger partial charge on any atom is 0.351 e. The van der Waals surface area contributed by atoms with Crippen LogP contribution >= 0.6 is 0 Å². The van der Waals surface area contributed by atoms with Gasteiger partial charge in [0.1, 0.15) is 11.4 Å². The van der Waals surface area contributed by atoms with Crippen LogP contribution in [0.4, 0.5) is 16.2 Å². The summed E-state index contributed by atoms with van der Waals surface area (Å²) in [5.74, 6) is 0.948. The van der Waals surface area contributed by atoms with Gasteiger partial charge in [-0.2, -0.15) is 0 Å². The highest BCUT2D eigenvalue weighted by atomic mass is 16.7. The van der Waals surface area contributed by atoms with Crippen molar-refractivity contribution in [1.82, 2.24) is 24.7 Å². The normalized spacial score (nSPS) is 16.4. The van der Waals surface area contributed by atoms with Crippen LogP contribution in [0.3, 0.4) is 0 Å². The van der Waals surface area contributed by atoms with Gasteiger partial charge in [0.05, 0.1) is 22.6 Å². The number of ether oxygens (including phenoxy) is 2. The zero-order valence-electron chi connectivity index (χ0n) is 25.4. The summed E-state index contributed by atoms with van der Waals surface area (Å²) in [6, 6.07) is 21.3. The highest BCUT2D eigenvalue weighted by molar-refractivity contribution is 6.03. The molecule has 11 heteroatoms. The number of hydrogen-bond donors (Lipinski definition) is 2. The summed E-state index contributed by atoms with van der Waals surface area (Å²) >= 11 is 0. The first-order valence-electron chi connectivity index (χ1n) is 15.2. The summed E-state index contributed by atoms with van der Waals surface area (Å²) < 4.78 is 13.2. The Morgan fingerprint density at radius 3 is 2.57 bits per heavy atom. The molecule has 3 aromatic carbocycles. The van der Waals surface area contributed by atoms with Gasteiger partial charge in [-0.15, -0.1) is 0 Å². The molecule has 0 bridgehead atoms. The number of imidazole rings is 1. The summed E-state index contributed by atoms with van der Waals surface area (Å²) in [5, 5.41) is 11.3. The van der Waals surface area contributed by atoms with Crippen LogP contribution < -0.4 is 19.8 Å².